The van der Waals surface area contributed by atoms with Crippen molar-refractivity contribution in [3.63, 3.8) is 0 Å². The number of carbonyl (C=O) groups excluding carboxylic acids is 1. The van der Waals surface area contributed by atoms with Crippen molar-refractivity contribution in [2.45, 2.75) is 12.2 Å². The van der Waals surface area contributed by atoms with Crippen LogP contribution in [0.15, 0.2) is 54.6 Å². The zero-order valence-electron chi connectivity index (χ0n) is 12.9. The van der Waals surface area contributed by atoms with Gasteiger partial charge in [0, 0.05) is 12.6 Å². The van der Waals surface area contributed by atoms with Gasteiger partial charge in [-0.25, -0.2) is 0 Å². The maximum Gasteiger partial charge on any atom is 0.246 e. The highest BCUT2D eigenvalue weighted by atomic mass is 16.5. The Kier molecular flexibility index (Phi) is 4.78. The second-order valence-corrected chi connectivity index (χ2v) is 5.28. The fourth-order valence-electron chi connectivity index (χ4n) is 2.52. The Morgan fingerprint density at radius 1 is 1.13 bits per heavy atom. The monoisotopic (exact) mass is 313 g/mol. The number of methoxy groups -OCH3 is 1. The number of carbonyl (C=O) groups is 1. The zero-order valence-corrected chi connectivity index (χ0v) is 12.9. The normalized spacial score (nSPS) is 18.8. The summed E-state index contributed by atoms with van der Waals surface area (Å²) >= 11 is 0. The molecule has 0 aliphatic carbocycles. The molecule has 1 aliphatic heterocycles. The van der Waals surface area contributed by atoms with Crippen molar-refractivity contribution in [3.8, 4) is 11.5 Å². The fraction of sp³-hybridized carbons (Fsp3) is 0.278. The zero-order chi connectivity index (χ0) is 16.1. The number of rotatable bonds is 5. The van der Waals surface area contributed by atoms with E-state index in [4.69, 9.17) is 14.2 Å². The minimum atomic E-state index is -0.316. The Labute approximate surface area is 135 Å². The molecule has 1 N–H and O–H groups in total. The lowest BCUT2D eigenvalue weighted by Crippen LogP contribution is -2.46. The highest BCUT2D eigenvalue weighted by Gasteiger charge is 2.30. The van der Waals surface area contributed by atoms with Gasteiger partial charge in [-0.2, -0.15) is 0 Å². The van der Waals surface area contributed by atoms with Gasteiger partial charge in [-0.15, -0.1) is 0 Å². The smallest absolute Gasteiger partial charge is 0.246 e. The van der Waals surface area contributed by atoms with E-state index in [-0.39, 0.29) is 24.7 Å². The maximum absolute atomic E-state index is 11.3. The Morgan fingerprint density at radius 3 is 2.61 bits per heavy atom. The van der Waals surface area contributed by atoms with E-state index < -0.39 is 0 Å². The molecule has 3 rings (SSSR count). The van der Waals surface area contributed by atoms with Gasteiger partial charge >= 0.3 is 0 Å². The van der Waals surface area contributed by atoms with Crippen LogP contribution in [-0.2, 0) is 9.53 Å². The third-order valence-electron chi connectivity index (χ3n) is 3.70. The topological polar surface area (TPSA) is 56.8 Å². The first-order valence-corrected chi connectivity index (χ1v) is 7.50. The number of hydrogen-bond donors (Lipinski definition) is 1. The highest BCUT2D eigenvalue weighted by molar-refractivity contribution is 5.77. The van der Waals surface area contributed by atoms with E-state index in [0.29, 0.717) is 12.3 Å². The van der Waals surface area contributed by atoms with E-state index >= 15 is 0 Å². The molecule has 120 valence electrons. The summed E-state index contributed by atoms with van der Waals surface area (Å²) in [7, 11) is 1.62. The van der Waals surface area contributed by atoms with Gasteiger partial charge in [0.15, 0.2) is 6.10 Å². The fourth-order valence-corrected chi connectivity index (χ4v) is 2.52. The van der Waals surface area contributed by atoms with E-state index in [9.17, 15) is 4.79 Å². The predicted octanol–water partition coefficient (Wildman–Crippen LogP) is 2.33. The lowest BCUT2D eigenvalue weighted by atomic mass is 10.0. The van der Waals surface area contributed by atoms with Gasteiger partial charge < -0.3 is 19.5 Å². The van der Waals surface area contributed by atoms with Crippen LogP contribution in [0, 0.1) is 0 Å². The SMILES string of the molecule is COc1cccc(O[C@H](c2ccccc2)[C@H]2CNC(=O)CO2)c1. The molecule has 5 nitrogen and oxygen atoms in total. The van der Waals surface area contributed by atoms with Gasteiger partial charge in [-0.1, -0.05) is 36.4 Å². The summed E-state index contributed by atoms with van der Waals surface area (Å²) < 4.78 is 17.1. The maximum atomic E-state index is 11.3. The lowest BCUT2D eigenvalue weighted by Gasteiger charge is -2.31. The molecule has 1 saturated heterocycles. The van der Waals surface area contributed by atoms with Crippen molar-refractivity contribution < 1.29 is 19.0 Å². The molecule has 0 unspecified atom stereocenters. The van der Waals surface area contributed by atoms with Crippen LogP contribution >= 0.6 is 0 Å². The van der Waals surface area contributed by atoms with Crippen LogP contribution in [0.25, 0.3) is 0 Å². The van der Waals surface area contributed by atoms with E-state index in [2.05, 4.69) is 5.32 Å². The summed E-state index contributed by atoms with van der Waals surface area (Å²) in [6, 6.07) is 17.3. The van der Waals surface area contributed by atoms with Crippen molar-refractivity contribution in [1.82, 2.24) is 5.32 Å². The highest BCUT2D eigenvalue weighted by Crippen LogP contribution is 2.29. The molecule has 1 fully saturated rings. The summed E-state index contributed by atoms with van der Waals surface area (Å²) in [5.74, 6) is 1.32. The predicted molar refractivity (Wildman–Crippen MR) is 85.6 cm³/mol. The first-order chi connectivity index (χ1) is 11.3. The second-order valence-electron chi connectivity index (χ2n) is 5.28. The molecule has 0 bridgehead atoms. The molecule has 2 atom stereocenters. The molecule has 5 heteroatoms. The molecule has 1 aliphatic rings. The number of nitrogens with one attached hydrogen (secondary N) is 1. The molecular formula is C18H19NO4. The summed E-state index contributed by atoms with van der Waals surface area (Å²) in [4.78, 5) is 11.3. The number of hydrogen-bond acceptors (Lipinski definition) is 4. The van der Waals surface area contributed by atoms with Crippen molar-refractivity contribution in [2.24, 2.45) is 0 Å². The Balaban J connectivity index is 1.84. The van der Waals surface area contributed by atoms with E-state index in [0.717, 1.165) is 11.3 Å². The van der Waals surface area contributed by atoms with Crippen LogP contribution in [0.1, 0.15) is 11.7 Å². The number of ether oxygens (including phenoxy) is 3. The van der Waals surface area contributed by atoms with Gasteiger partial charge in [0.1, 0.15) is 24.2 Å². The molecule has 0 aromatic heterocycles. The molecule has 1 amide bonds. The van der Waals surface area contributed by atoms with Gasteiger partial charge in [0.05, 0.1) is 7.11 Å². The summed E-state index contributed by atoms with van der Waals surface area (Å²) in [5.41, 5.74) is 0.997. The number of benzene rings is 2. The lowest BCUT2D eigenvalue weighted by molar-refractivity contribution is -0.137. The van der Waals surface area contributed by atoms with Crippen molar-refractivity contribution in [3.05, 3.63) is 60.2 Å². The van der Waals surface area contributed by atoms with E-state index in [1.165, 1.54) is 0 Å². The average Bonchev–Trinajstić information content (AvgIpc) is 2.61. The largest absolute Gasteiger partial charge is 0.497 e. The van der Waals surface area contributed by atoms with E-state index in [1.54, 1.807) is 7.11 Å². The Bertz CT molecular complexity index is 649. The van der Waals surface area contributed by atoms with Crippen LogP contribution < -0.4 is 14.8 Å². The number of morpholine rings is 1. The number of amides is 1. The van der Waals surface area contributed by atoms with Crippen LogP contribution in [0.2, 0.25) is 0 Å². The quantitative estimate of drug-likeness (QED) is 0.920. The summed E-state index contributed by atoms with van der Waals surface area (Å²) in [6.45, 7) is 0.470. The standard InChI is InChI=1S/C18H19NO4/c1-21-14-8-5-9-15(10-14)23-18(13-6-3-2-4-7-13)16-11-19-17(20)12-22-16/h2-10,16,18H,11-12H2,1H3,(H,19,20)/t16-,18-/m1/s1. The first-order valence-electron chi connectivity index (χ1n) is 7.50. The van der Waals surface area contributed by atoms with Gasteiger partial charge in [0.25, 0.3) is 0 Å². The van der Waals surface area contributed by atoms with Crippen molar-refractivity contribution >= 4 is 5.91 Å². The molecule has 23 heavy (non-hydrogen) atoms. The van der Waals surface area contributed by atoms with Gasteiger partial charge in [-0.05, 0) is 17.7 Å². The molecular weight excluding hydrogens is 294 g/mol. The minimum absolute atomic E-state index is 0.0511. The summed E-state index contributed by atoms with van der Waals surface area (Å²) in [6.07, 6.45) is -0.565. The molecule has 1 heterocycles. The first kappa shape index (κ1) is 15.4. The van der Waals surface area contributed by atoms with Crippen LogP contribution in [-0.4, -0.2) is 32.3 Å². The van der Waals surface area contributed by atoms with Crippen LogP contribution in [0.5, 0.6) is 11.5 Å². The Hall–Kier alpha value is -2.53. The third-order valence-corrected chi connectivity index (χ3v) is 3.70. The van der Waals surface area contributed by atoms with Gasteiger partial charge in [0.2, 0.25) is 5.91 Å². The van der Waals surface area contributed by atoms with Crippen molar-refractivity contribution in [2.75, 3.05) is 20.3 Å². The molecule has 0 saturated carbocycles. The van der Waals surface area contributed by atoms with Crippen LogP contribution in [0.4, 0.5) is 0 Å². The average molecular weight is 313 g/mol. The molecule has 0 radical (unpaired) electrons. The molecule has 0 spiro atoms. The molecule has 2 aromatic carbocycles. The Morgan fingerprint density at radius 2 is 1.91 bits per heavy atom. The van der Waals surface area contributed by atoms with Crippen molar-refractivity contribution in [1.29, 1.82) is 0 Å². The molecule has 2 aromatic rings. The van der Waals surface area contributed by atoms with Crippen LogP contribution in [0.3, 0.4) is 0 Å². The van der Waals surface area contributed by atoms with E-state index in [1.807, 2.05) is 54.6 Å². The summed E-state index contributed by atoms with van der Waals surface area (Å²) in [5, 5.41) is 2.82. The second kappa shape index (κ2) is 7.15. The third kappa shape index (κ3) is 3.81. The van der Waals surface area contributed by atoms with Gasteiger partial charge in [-0.3, -0.25) is 4.79 Å². The minimum Gasteiger partial charge on any atom is -0.497 e.